The van der Waals surface area contributed by atoms with Crippen molar-refractivity contribution >= 4 is 272 Å². The second-order valence-corrected chi connectivity index (χ2v) is 40.5. The van der Waals surface area contributed by atoms with E-state index in [9.17, 15) is 24.0 Å². The largest absolute Gasteiger partial charge is 0.462 e. The van der Waals surface area contributed by atoms with Crippen LogP contribution in [-0.2, 0) is 39.9 Å². The molecule has 628 valence electrons. The highest BCUT2D eigenvalue weighted by Crippen LogP contribution is 2.87. The first kappa shape index (κ1) is 69.9. The van der Waals surface area contributed by atoms with Gasteiger partial charge in [-0.1, -0.05) is 164 Å². The van der Waals surface area contributed by atoms with Crippen molar-refractivity contribution in [1.29, 1.82) is 0 Å². The Kier molecular flexibility index (Phi) is 11.3. The molecule has 1 fully saturated rings. The molecule has 7 atom stereocenters. The summed E-state index contributed by atoms with van der Waals surface area (Å²) in [5.74, 6) is -2.99. The molecule has 0 radical (unpaired) electrons. The molecule has 8 aliphatic rings. The van der Waals surface area contributed by atoms with Crippen LogP contribution in [0.1, 0.15) is 172 Å². The first-order chi connectivity index (χ1) is 66.4. The lowest BCUT2D eigenvalue weighted by atomic mass is 9.43. The third-order valence-electron chi connectivity index (χ3n) is 36.4. The van der Waals surface area contributed by atoms with Crippen molar-refractivity contribution in [3.8, 4) is 0 Å². The Morgan fingerprint density at radius 3 is 0.911 bits per heavy atom. The molecule has 0 saturated heterocycles. The van der Waals surface area contributed by atoms with Crippen molar-refractivity contribution in [2.45, 2.75) is 75.0 Å². The quantitative estimate of drug-likeness (QED) is 0.0555. The van der Waals surface area contributed by atoms with Gasteiger partial charge in [0.2, 0.25) is 0 Å². The molecule has 0 heterocycles. The Labute approximate surface area is 764 Å². The number of hydrogen-bond donors (Lipinski definition) is 0. The SMILES string of the molecule is CCOC(=O)c1ccc(C2C=C3c4ccc5c6ccc7c8ccc9c%10c%11c%12c%13c%14c%15c(c4c5c%14c6c7c%13c%108)C3(c3ccc(C(=O)OCC)cc3)C3=C2C2C(=C3[C@@]%15%12c3ccc(C(=O)OCC)cc3)C%11(c3ccc(C(=O)OCC)cc3)C9CC2c2ccc(C(=O)OCC)cc2)cc1.c1cc2c3ccc4c5ccc6c7ccc8c9ccc%10c1c1c2c2c3c4c3c5c6c4c7c8c5c9c%10c1c1c2c3c4c51. The third-order valence-corrected chi connectivity index (χ3v) is 36.4. The molecule has 135 heavy (non-hydrogen) atoms. The maximum atomic E-state index is 14.1. The van der Waals surface area contributed by atoms with E-state index in [1.807, 2.05) is 95.3 Å². The fraction of sp³-hybridized carbons (Fsp3) is 0.144. The van der Waals surface area contributed by atoms with E-state index < -0.39 is 16.2 Å². The Hall–Kier alpha value is -15.9. The van der Waals surface area contributed by atoms with Crippen molar-refractivity contribution in [2.75, 3.05) is 33.0 Å². The zero-order valence-corrected chi connectivity index (χ0v) is 73.5. The predicted molar refractivity (Wildman–Crippen MR) is 540 cm³/mol. The van der Waals surface area contributed by atoms with Gasteiger partial charge in [0.05, 0.1) is 77.1 Å². The summed E-state index contributed by atoms with van der Waals surface area (Å²) in [6.45, 7) is 10.4. The van der Waals surface area contributed by atoms with E-state index in [1.165, 1.54) is 239 Å². The number of hydrogen-bond acceptors (Lipinski definition) is 10. The third kappa shape index (κ3) is 6.65. The van der Waals surface area contributed by atoms with E-state index >= 15 is 0 Å². The molecule has 0 N–H and O–H groups in total. The van der Waals surface area contributed by atoms with Crippen LogP contribution in [0.4, 0.5) is 0 Å². The van der Waals surface area contributed by atoms with Gasteiger partial charge in [-0.2, -0.15) is 0 Å². The van der Waals surface area contributed by atoms with Crippen LogP contribution in [0.5, 0.6) is 0 Å². The van der Waals surface area contributed by atoms with E-state index in [-0.39, 0.29) is 86.6 Å². The van der Waals surface area contributed by atoms with Gasteiger partial charge < -0.3 is 23.7 Å². The van der Waals surface area contributed by atoms with E-state index in [1.54, 1.807) is 53.9 Å². The summed E-state index contributed by atoms with van der Waals surface area (Å²) in [7, 11) is 0. The molecule has 10 nitrogen and oxygen atoms in total. The number of carbonyl (C=O) groups excluding carboxylic acids is 5. The minimum absolute atomic E-state index is 0.163. The number of ether oxygens (including phenoxy) is 5. The molecule has 0 spiro atoms. The van der Waals surface area contributed by atoms with Crippen LogP contribution in [0.15, 0.2) is 247 Å². The van der Waals surface area contributed by atoms with Crippen molar-refractivity contribution in [3.05, 3.63) is 336 Å². The summed E-state index contributed by atoms with van der Waals surface area (Å²) < 4.78 is 28.6. The van der Waals surface area contributed by atoms with Gasteiger partial charge in [-0.05, 0) is 434 Å². The average molecular weight is 1730 g/mol. The lowest BCUT2D eigenvalue weighted by molar-refractivity contribution is 0.0516. The van der Waals surface area contributed by atoms with Crippen LogP contribution < -0.4 is 0 Å². The highest BCUT2D eigenvalue weighted by Gasteiger charge is 2.76. The Bertz CT molecular complexity index is 9920. The van der Waals surface area contributed by atoms with Crippen molar-refractivity contribution in [2.24, 2.45) is 5.92 Å². The van der Waals surface area contributed by atoms with Gasteiger partial charge in [-0.15, -0.1) is 0 Å². The highest BCUT2D eigenvalue weighted by atomic mass is 16.5. The normalized spacial score (nSPS) is 20.8. The Morgan fingerprint density at radius 2 is 0.548 bits per heavy atom. The summed E-state index contributed by atoms with van der Waals surface area (Å²) in [6, 6.07) is 80.5. The van der Waals surface area contributed by atoms with Gasteiger partial charge in [0.25, 0.3) is 0 Å². The number of esters is 5. The van der Waals surface area contributed by atoms with E-state index in [2.05, 4.69) is 164 Å². The summed E-state index contributed by atoms with van der Waals surface area (Å²) in [5, 5.41) is 63.3. The monoisotopic (exact) mass is 1730 g/mol. The number of allylic oxidation sites excluding steroid dienone is 6. The smallest absolute Gasteiger partial charge is 0.338 e. The van der Waals surface area contributed by atoms with Gasteiger partial charge in [0.15, 0.2) is 0 Å². The maximum absolute atomic E-state index is 14.1. The van der Waals surface area contributed by atoms with Crippen LogP contribution >= 0.6 is 0 Å². The molecule has 10 heteroatoms. The molecule has 1 saturated carbocycles. The molecule has 37 rings (SSSR count). The molecule has 0 bridgehead atoms. The molecule has 6 unspecified atom stereocenters. The van der Waals surface area contributed by atoms with Gasteiger partial charge in [-0.25, -0.2) is 24.0 Å². The van der Waals surface area contributed by atoms with Gasteiger partial charge in [-0.3, -0.25) is 0 Å². The number of rotatable bonds is 15. The Morgan fingerprint density at radius 1 is 0.267 bits per heavy atom. The molecule has 0 aliphatic heterocycles. The molecular weight excluding hydrogens is 1660 g/mol. The minimum atomic E-state index is -1.02. The van der Waals surface area contributed by atoms with Crippen LogP contribution in [0.25, 0.3) is 243 Å². The molecule has 0 aromatic heterocycles. The van der Waals surface area contributed by atoms with Crippen LogP contribution in [-0.4, -0.2) is 62.9 Å². The second kappa shape index (κ2) is 21.9. The minimum Gasteiger partial charge on any atom is -0.462 e. The van der Waals surface area contributed by atoms with E-state index in [0.717, 1.165) is 33.4 Å². The summed E-state index contributed by atoms with van der Waals surface area (Å²) in [6.07, 6.45) is 3.28. The molecule has 29 aromatic carbocycles. The fourth-order valence-corrected chi connectivity index (χ4v) is 32.9. The topological polar surface area (TPSA) is 132 Å². The maximum Gasteiger partial charge on any atom is 0.338 e. The fourth-order valence-electron chi connectivity index (χ4n) is 32.9. The van der Waals surface area contributed by atoms with Gasteiger partial charge in [0, 0.05) is 17.8 Å². The van der Waals surface area contributed by atoms with Gasteiger partial charge in [0.1, 0.15) is 0 Å². The average Bonchev–Trinajstić information content (AvgIpc) is 1.40. The van der Waals surface area contributed by atoms with Crippen LogP contribution in [0.3, 0.4) is 0 Å². The van der Waals surface area contributed by atoms with Crippen molar-refractivity contribution in [3.63, 3.8) is 0 Å². The number of fused-ring (bicyclic) bond motifs is 10. The summed E-state index contributed by atoms with van der Waals surface area (Å²) in [5.41, 5.74) is 18.6. The molecule has 8 aliphatic carbocycles. The van der Waals surface area contributed by atoms with E-state index in [0.29, 0.717) is 34.2 Å². The number of benzene rings is 21. The molecular formula is C125H68O10. The lowest BCUT2D eigenvalue weighted by Gasteiger charge is -2.57. The lowest BCUT2D eigenvalue weighted by Crippen LogP contribution is -2.52. The van der Waals surface area contributed by atoms with E-state index in [4.69, 9.17) is 23.7 Å². The zero-order chi connectivity index (χ0) is 88.2. The van der Waals surface area contributed by atoms with Gasteiger partial charge >= 0.3 is 29.8 Å². The zero-order valence-electron chi connectivity index (χ0n) is 73.5. The predicted octanol–water partition coefficient (Wildman–Crippen LogP) is 29.0. The number of carbonyl (C=O) groups is 5. The first-order valence-corrected chi connectivity index (χ1v) is 48.2. The van der Waals surface area contributed by atoms with Crippen molar-refractivity contribution < 1.29 is 47.7 Å². The standard InChI is InChI=1S/C85H58O10.C40H10/c1-6-91-78(86)41-15-11-39(12-16-41)55-37-57-53-35-33-51-49-31-32-50-52-34-36-54-58-38-56(40-13-17-42(18-14-40)79(87)92-7-2)66-65(55)73-77-74(66)84(58,47-27-21-44(22-28-47)81(89)94-9-4)72-64(54)62(52)68-60(50)59(49)67-61(51)63(53)71(83(57,73)46-25-19-43(20-26-46)80(88)93-8-3)75-69(67)70(68)76(72)85(75,77)48-29-23-45(24-30-48)82(90)95-10-5;1-2-12-14-5-6-16-18-9-10-20-19-8-7-17-15-4-3-13-11(1)21-22(12)32-24(14)26(16)34-29(18)30(20)35-28(19)27(17)33-25(15)23(13)31(21)36-37(32)39(34)40(35)38(33)36/h11-37,55-56,58,66H,6-10,38H2,1-5H3;1-10H/t55?,56?,58?,66?,83?,84?,85-;/m0./s1. The van der Waals surface area contributed by atoms with Crippen molar-refractivity contribution in [1.82, 2.24) is 0 Å². The first-order valence-electron chi connectivity index (χ1n) is 48.2. The Balaban J connectivity index is 0.000000159. The molecule has 29 aromatic rings. The second-order valence-electron chi connectivity index (χ2n) is 40.5. The summed E-state index contributed by atoms with van der Waals surface area (Å²) >= 11 is 0. The molecule has 0 amide bonds. The summed E-state index contributed by atoms with van der Waals surface area (Å²) in [4.78, 5) is 69.6. The highest BCUT2D eigenvalue weighted by molar-refractivity contribution is 6.71. The van der Waals surface area contributed by atoms with Crippen LogP contribution in [0, 0.1) is 5.92 Å². The van der Waals surface area contributed by atoms with Crippen LogP contribution in [0.2, 0.25) is 0 Å².